The van der Waals surface area contributed by atoms with E-state index in [9.17, 15) is 9.90 Å². The molecule has 1 aromatic rings. The van der Waals surface area contributed by atoms with Crippen LogP contribution in [0.25, 0.3) is 0 Å². The molecule has 1 amide bonds. The van der Waals surface area contributed by atoms with Gasteiger partial charge in [0.25, 0.3) is 5.91 Å². The van der Waals surface area contributed by atoms with Crippen molar-refractivity contribution < 1.29 is 9.90 Å². The highest BCUT2D eigenvalue weighted by Gasteiger charge is 2.36. The number of halogens is 1. The van der Waals surface area contributed by atoms with E-state index in [-0.39, 0.29) is 17.7 Å². The Balaban J connectivity index is 1.69. The summed E-state index contributed by atoms with van der Waals surface area (Å²) in [5.41, 5.74) is 0.295. The summed E-state index contributed by atoms with van der Waals surface area (Å²) in [7, 11) is 0. The number of carbonyl (C=O) groups excluding carboxylic acids is 1. The van der Waals surface area contributed by atoms with Gasteiger partial charge in [-0.2, -0.15) is 0 Å². The quantitative estimate of drug-likeness (QED) is 0.881. The number of phenolic OH excluding ortho intramolecular Hbond substituents is 1. The number of fused-ring (bicyclic) bond motifs is 1. The third kappa shape index (κ3) is 2.63. The Bertz CT molecular complexity index is 521. The summed E-state index contributed by atoms with van der Waals surface area (Å²) < 4.78 is 0. The van der Waals surface area contributed by atoms with Crippen LogP contribution in [-0.4, -0.2) is 41.1 Å². The second-order valence-electron chi connectivity index (χ2n) is 5.63. The number of benzene rings is 1. The van der Waals surface area contributed by atoms with E-state index in [0.717, 1.165) is 25.9 Å². The Kier molecular flexibility index (Phi) is 3.85. The molecule has 2 unspecified atom stereocenters. The zero-order chi connectivity index (χ0) is 14.1. The highest BCUT2D eigenvalue weighted by molar-refractivity contribution is 6.30. The number of phenols is 1. The van der Waals surface area contributed by atoms with Crippen molar-refractivity contribution in [2.75, 3.05) is 13.1 Å². The van der Waals surface area contributed by atoms with Gasteiger partial charge in [0.15, 0.2) is 0 Å². The number of hydrogen-bond donors (Lipinski definition) is 2. The fourth-order valence-electron chi connectivity index (χ4n) is 3.36. The lowest BCUT2D eigenvalue weighted by atomic mass is 9.98. The molecule has 2 atom stereocenters. The van der Waals surface area contributed by atoms with Gasteiger partial charge in [0.1, 0.15) is 5.75 Å². The van der Waals surface area contributed by atoms with E-state index in [1.807, 2.05) is 0 Å². The molecule has 2 aliphatic heterocycles. The van der Waals surface area contributed by atoms with Crippen molar-refractivity contribution in [2.24, 2.45) is 0 Å². The first kappa shape index (κ1) is 13.7. The fraction of sp³-hybridized carbons (Fsp3) is 0.533. The van der Waals surface area contributed by atoms with Crippen molar-refractivity contribution in [2.45, 2.75) is 37.8 Å². The molecular formula is C15H19ClN2O2. The van der Waals surface area contributed by atoms with Gasteiger partial charge in [0, 0.05) is 23.7 Å². The molecule has 3 rings (SSSR count). The molecule has 0 aliphatic carbocycles. The molecule has 0 spiro atoms. The van der Waals surface area contributed by atoms with Crippen LogP contribution in [0.5, 0.6) is 5.75 Å². The van der Waals surface area contributed by atoms with Gasteiger partial charge < -0.3 is 10.4 Å². The number of nitrogens with zero attached hydrogens (tertiary/aromatic N) is 1. The first-order valence-electron chi connectivity index (χ1n) is 7.18. The summed E-state index contributed by atoms with van der Waals surface area (Å²) in [6.07, 6.45) is 4.64. The SMILES string of the molecule is O=C(NC1CCN2CCCCC12)c1ccc(Cl)cc1O. The van der Waals surface area contributed by atoms with Crippen LogP contribution >= 0.6 is 11.6 Å². The number of rotatable bonds is 2. The van der Waals surface area contributed by atoms with Gasteiger partial charge in [-0.15, -0.1) is 0 Å². The zero-order valence-corrected chi connectivity index (χ0v) is 12.1. The van der Waals surface area contributed by atoms with Gasteiger partial charge in [0.2, 0.25) is 0 Å². The molecule has 0 bridgehead atoms. The van der Waals surface area contributed by atoms with Crippen molar-refractivity contribution in [3.8, 4) is 5.75 Å². The second kappa shape index (κ2) is 5.62. The molecule has 0 radical (unpaired) electrons. The van der Waals surface area contributed by atoms with Crippen LogP contribution in [0.4, 0.5) is 0 Å². The molecule has 2 heterocycles. The minimum absolute atomic E-state index is 0.0616. The minimum atomic E-state index is -0.211. The van der Waals surface area contributed by atoms with Crippen LogP contribution in [0.1, 0.15) is 36.0 Å². The summed E-state index contributed by atoms with van der Waals surface area (Å²) in [5.74, 6) is -0.273. The van der Waals surface area contributed by atoms with E-state index < -0.39 is 0 Å². The molecule has 4 nitrogen and oxygen atoms in total. The van der Waals surface area contributed by atoms with E-state index in [1.165, 1.54) is 18.9 Å². The maximum Gasteiger partial charge on any atom is 0.255 e. The van der Waals surface area contributed by atoms with Gasteiger partial charge in [-0.3, -0.25) is 9.69 Å². The number of aromatic hydroxyl groups is 1. The predicted octanol–water partition coefficient (Wildman–Crippen LogP) is 2.40. The lowest BCUT2D eigenvalue weighted by Crippen LogP contribution is -2.46. The van der Waals surface area contributed by atoms with Crippen LogP contribution in [0, 0.1) is 0 Å². The number of hydrogen-bond acceptors (Lipinski definition) is 3. The number of nitrogens with one attached hydrogen (secondary N) is 1. The van der Waals surface area contributed by atoms with Gasteiger partial charge in [-0.25, -0.2) is 0 Å². The lowest BCUT2D eigenvalue weighted by molar-refractivity contribution is 0.0912. The summed E-state index contributed by atoms with van der Waals surface area (Å²) in [5, 5.41) is 13.3. The average Bonchev–Trinajstić information content (AvgIpc) is 2.82. The zero-order valence-electron chi connectivity index (χ0n) is 11.3. The van der Waals surface area contributed by atoms with Crippen molar-refractivity contribution in [3.63, 3.8) is 0 Å². The molecule has 0 aromatic heterocycles. The number of carbonyl (C=O) groups is 1. The Morgan fingerprint density at radius 1 is 1.30 bits per heavy atom. The fourth-order valence-corrected chi connectivity index (χ4v) is 3.52. The summed E-state index contributed by atoms with van der Waals surface area (Å²) in [4.78, 5) is 14.7. The van der Waals surface area contributed by atoms with Crippen LogP contribution in [-0.2, 0) is 0 Å². The molecule has 108 valence electrons. The van der Waals surface area contributed by atoms with Crippen molar-refractivity contribution in [1.29, 1.82) is 0 Å². The van der Waals surface area contributed by atoms with Crippen molar-refractivity contribution in [1.82, 2.24) is 10.2 Å². The van der Waals surface area contributed by atoms with Crippen molar-refractivity contribution in [3.05, 3.63) is 28.8 Å². The molecule has 5 heteroatoms. The van der Waals surface area contributed by atoms with Crippen LogP contribution in [0.15, 0.2) is 18.2 Å². The average molecular weight is 295 g/mol. The minimum Gasteiger partial charge on any atom is -0.507 e. The Morgan fingerprint density at radius 2 is 2.15 bits per heavy atom. The maximum absolute atomic E-state index is 12.3. The highest BCUT2D eigenvalue weighted by atomic mass is 35.5. The Hall–Kier alpha value is -1.26. The normalized spacial score (nSPS) is 26.2. The molecule has 2 aliphatic rings. The largest absolute Gasteiger partial charge is 0.507 e. The molecule has 2 fully saturated rings. The smallest absolute Gasteiger partial charge is 0.255 e. The van der Waals surface area contributed by atoms with Gasteiger partial charge in [-0.1, -0.05) is 18.0 Å². The van der Waals surface area contributed by atoms with E-state index in [0.29, 0.717) is 16.6 Å². The van der Waals surface area contributed by atoms with E-state index in [1.54, 1.807) is 12.1 Å². The topological polar surface area (TPSA) is 52.6 Å². The second-order valence-corrected chi connectivity index (χ2v) is 6.07. The van der Waals surface area contributed by atoms with E-state index >= 15 is 0 Å². The van der Waals surface area contributed by atoms with Gasteiger partial charge >= 0.3 is 0 Å². The Morgan fingerprint density at radius 3 is 2.95 bits per heavy atom. The molecular weight excluding hydrogens is 276 g/mol. The molecule has 2 saturated heterocycles. The maximum atomic E-state index is 12.3. The summed E-state index contributed by atoms with van der Waals surface area (Å²) in [6, 6.07) is 5.25. The molecule has 2 N–H and O–H groups in total. The molecule has 1 aromatic carbocycles. The summed E-state index contributed by atoms with van der Waals surface area (Å²) >= 11 is 5.78. The van der Waals surface area contributed by atoms with Gasteiger partial charge in [-0.05, 0) is 44.0 Å². The molecule has 20 heavy (non-hydrogen) atoms. The standard InChI is InChI=1S/C15H19ClN2O2/c16-10-4-5-11(14(19)9-10)15(20)17-12-6-8-18-7-2-1-3-13(12)18/h4-5,9,12-13,19H,1-3,6-8H2,(H,17,20). The predicted molar refractivity (Wildman–Crippen MR) is 78.2 cm³/mol. The highest BCUT2D eigenvalue weighted by Crippen LogP contribution is 2.28. The van der Waals surface area contributed by atoms with E-state index in [2.05, 4.69) is 10.2 Å². The Labute approximate surface area is 123 Å². The molecule has 0 saturated carbocycles. The first-order valence-corrected chi connectivity index (χ1v) is 7.56. The number of piperidine rings is 1. The van der Waals surface area contributed by atoms with Crippen LogP contribution < -0.4 is 5.32 Å². The third-order valence-corrected chi connectivity index (χ3v) is 4.61. The number of amides is 1. The van der Waals surface area contributed by atoms with Crippen LogP contribution in [0.3, 0.4) is 0 Å². The third-order valence-electron chi connectivity index (χ3n) is 4.38. The first-order chi connectivity index (χ1) is 9.65. The van der Waals surface area contributed by atoms with Crippen molar-refractivity contribution >= 4 is 17.5 Å². The van der Waals surface area contributed by atoms with Gasteiger partial charge in [0.05, 0.1) is 5.56 Å². The summed E-state index contributed by atoms with van der Waals surface area (Å²) in [6.45, 7) is 2.20. The monoisotopic (exact) mass is 294 g/mol. The van der Waals surface area contributed by atoms with Crippen LogP contribution in [0.2, 0.25) is 5.02 Å². The lowest BCUT2D eigenvalue weighted by Gasteiger charge is -2.32. The van der Waals surface area contributed by atoms with E-state index in [4.69, 9.17) is 11.6 Å².